The Kier molecular flexibility index (Phi) is 6.01. The van der Waals surface area contributed by atoms with Crippen molar-refractivity contribution in [1.82, 2.24) is 4.90 Å². The smallest absolute Gasteiger partial charge is 0.122 e. The van der Waals surface area contributed by atoms with Gasteiger partial charge in [-0.3, -0.25) is 0 Å². The summed E-state index contributed by atoms with van der Waals surface area (Å²) in [5.74, 6) is 0.972. The standard InChI is InChI=1S/C14H23NO2/c1-12(15(2)9-10-16-3)11-13-7-5-6-8-14(13)17-4/h5-8,12H,9-11H2,1-4H3/t12-/m1/s1. The normalized spacial score (nSPS) is 12.8. The molecule has 0 fully saturated rings. The summed E-state index contributed by atoms with van der Waals surface area (Å²) in [6.45, 7) is 3.95. The van der Waals surface area contributed by atoms with Gasteiger partial charge >= 0.3 is 0 Å². The molecule has 0 radical (unpaired) electrons. The number of rotatable bonds is 7. The third-order valence-corrected chi connectivity index (χ3v) is 3.11. The SMILES string of the molecule is COCCN(C)[C@H](C)Cc1ccccc1OC. The first-order valence-electron chi connectivity index (χ1n) is 6.00. The van der Waals surface area contributed by atoms with Crippen molar-refractivity contribution < 1.29 is 9.47 Å². The summed E-state index contributed by atoms with van der Waals surface area (Å²) < 4.78 is 10.5. The molecular weight excluding hydrogens is 214 g/mol. The van der Waals surface area contributed by atoms with Gasteiger partial charge in [0.2, 0.25) is 0 Å². The molecule has 1 rings (SSSR count). The van der Waals surface area contributed by atoms with Crippen LogP contribution in [0.1, 0.15) is 12.5 Å². The Bertz CT molecular complexity index is 328. The number of hydrogen-bond donors (Lipinski definition) is 0. The third-order valence-electron chi connectivity index (χ3n) is 3.11. The molecule has 0 aliphatic rings. The van der Waals surface area contributed by atoms with Gasteiger partial charge in [0, 0.05) is 19.7 Å². The first kappa shape index (κ1) is 14.0. The molecule has 0 heterocycles. The number of ether oxygens (including phenoxy) is 2. The van der Waals surface area contributed by atoms with Crippen LogP contribution >= 0.6 is 0 Å². The molecule has 17 heavy (non-hydrogen) atoms. The summed E-state index contributed by atoms with van der Waals surface area (Å²) in [5.41, 5.74) is 1.26. The summed E-state index contributed by atoms with van der Waals surface area (Å²) >= 11 is 0. The second kappa shape index (κ2) is 7.30. The van der Waals surface area contributed by atoms with Crippen LogP contribution in [-0.2, 0) is 11.2 Å². The number of hydrogen-bond acceptors (Lipinski definition) is 3. The van der Waals surface area contributed by atoms with Crippen molar-refractivity contribution in [3.8, 4) is 5.75 Å². The fourth-order valence-corrected chi connectivity index (χ4v) is 1.80. The van der Waals surface area contributed by atoms with Gasteiger partial charge in [-0.2, -0.15) is 0 Å². The van der Waals surface area contributed by atoms with Crippen LogP contribution in [0, 0.1) is 0 Å². The van der Waals surface area contributed by atoms with Crippen LogP contribution < -0.4 is 4.74 Å². The summed E-state index contributed by atoms with van der Waals surface area (Å²) in [5, 5.41) is 0. The number of benzene rings is 1. The summed E-state index contributed by atoms with van der Waals surface area (Å²) in [7, 11) is 5.58. The molecule has 3 heteroatoms. The number of para-hydroxylation sites is 1. The first-order chi connectivity index (χ1) is 8.19. The fourth-order valence-electron chi connectivity index (χ4n) is 1.80. The minimum Gasteiger partial charge on any atom is -0.496 e. The lowest BCUT2D eigenvalue weighted by Gasteiger charge is -2.25. The van der Waals surface area contributed by atoms with Crippen LogP contribution in [0.5, 0.6) is 5.75 Å². The Morgan fingerprint density at radius 2 is 1.94 bits per heavy atom. The Labute approximate surface area is 104 Å². The molecule has 1 atom stereocenters. The van der Waals surface area contributed by atoms with Crippen molar-refractivity contribution in [3.05, 3.63) is 29.8 Å². The van der Waals surface area contributed by atoms with E-state index in [1.807, 2.05) is 12.1 Å². The van der Waals surface area contributed by atoms with Crippen molar-refractivity contribution in [2.24, 2.45) is 0 Å². The van der Waals surface area contributed by atoms with E-state index in [9.17, 15) is 0 Å². The zero-order valence-corrected chi connectivity index (χ0v) is 11.3. The summed E-state index contributed by atoms with van der Waals surface area (Å²) in [4.78, 5) is 2.30. The number of nitrogens with zero attached hydrogens (tertiary/aromatic N) is 1. The Hall–Kier alpha value is -1.06. The predicted octanol–water partition coefficient (Wildman–Crippen LogP) is 2.20. The van der Waals surface area contributed by atoms with Gasteiger partial charge in [-0.25, -0.2) is 0 Å². The molecule has 0 aliphatic heterocycles. The molecule has 0 N–H and O–H groups in total. The first-order valence-corrected chi connectivity index (χ1v) is 6.00. The van der Waals surface area contributed by atoms with Gasteiger partial charge in [0.25, 0.3) is 0 Å². The van der Waals surface area contributed by atoms with Gasteiger partial charge in [-0.1, -0.05) is 18.2 Å². The Balaban J connectivity index is 2.57. The van der Waals surface area contributed by atoms with E-state index in [2.05, 4.69) is 31.0 Å². The lowest BCUT2D eigenvalue weighted by molar-refractivity contribution is 0.142. The van der Waals surface area contributed by atoms with Crippen molar-refractivity contribution >= 4 is 0 Å². The quantitative estimate of drug-likeness (QED) is 0.725. The summed E-state index contributed by atoms with van der Waals surface area (Å²) in [6, 6.07) is 8.67. The molecule has 0 aliphatic carbocycles. The highest BCUT2D eigenvalue weighted by atomic mass is 16.5. The van der Waals surface area contributed by atoms with Gasteiger partial charge in [0.15, 0.2) is 0 Å². The fraction of sp³-hybridized carbons (Fsp3) is 0.571. The molecule has 0 amide bonds. The van der Waals surface area contributed by atoms with Crippen LogP contribution in [0.2, 0.25) is 0 Å². The highest BCUT2D eigenvalue weighted by Crippen LogP contribution is 2.19. The molecule has 0 spiro atoms. The number of likely N-dealkylation sites (N-methyl/N-ethyl adjacent to an activating group) is 1. The Morgan fingerprint density at radius 3 is 2.59 bits per heavy atom. The van der Waals surface area contributed by atoms with Crippen LogP contribution in [0.25, 0.3) is 0 Å². The maximum Gasteiger partial charge on any atom is 0.122 e. The minimum atomic E-state index is 0.474. The van der Waals surface area contributed by atoms with Gasteiger partial charge < -0.3 is 14.4 Å². The van der Waals surface area contributed by atoms with Crippen LogP contribution in [-0.4, -0.2) is 45.4 Å². The molecule has 1 aromatic rings. The average molecular weight is 237 g/mol. The second-order valence-corrected chi connectivity index (χ2v) is 4.34. The molecule has 0 unspecified atom stereocenters. The zero-order chi connectivity index (χ0) is 12.7. The second-order valence-electron chi connectivity index (χ2n) is 4.34. The van der Waals surface area contributed by atoms with Crippen molar-refractivity contribution in [3.63, 3.8) is 0 Å². The molecule has 0 aromatic heterocycles. The van der Waals surface area contributed by atoms with E-state index in [1.165, 1.54) is 5.56 Å². The molecule has 3 nitrogen and oxygen atoms in total. The molecule has 1 aromatic carbocycles. The third kappa shape index (κ3) is 4.36. The highest BCUT2D eigenvalue weighted by molar-refractivity contribution is 5.33. The zero-order valence-electron chi connectivity index (χ0n) is 11.3. The van der Waals surface area contributed by atoms with E-state index < -0.39 is 0 Å². The molecule has 0 bridgehead atoms. The lowest BCUT2D eigenvalue weighted by atomic mass is 10.1. The van der Waals surface area contributed by atoms with Gasteiger partial charge in [-0.15, -0.1) is 0 Å². The topological polar surface area (TPSA) is 21.7 Å². The molecule has 96 valence electrons. The van der Waals surface area contributed by atoms with Crippen molar-refractivity contribution in [1.29, 1.82) is 0 Å². The van der Waals surface area contributed by atoms with Crippen LogP contribution in [0.3, 0.4) is 0 Å². The molecular formula is C14H23NO2. The van der Waals surface area contributed by atoms with Crippen molar-refractivity contribution in [2.75, 3.05) is 34.4 Å². The van der Waals surface area contributed by atoms with E-state index in [0.29, 0.717) is 6.04 Å². The number of methoxy groups -OCH3 is 2. The average Bonchev–Trinajstić information content (AvgIpc) is 2.36. The van der Waals surface area contributed by atoms with E-state index in [4.69, 9.17) is 9.47 Å². The largest absolute Gasteiger partial charge is 0.496 e. The highest BCUT2D eigenvalue weighted by Gasteiger charge is 2.12. The van der Waals surface area contributed by atoms with E-state index in [-0.39, 0.29) is 0 Å². The molecule has 0 saturated heterocycles. The van der Waals surface area contributed by atoms with Crippen molar-refractivity contribution in [2.45, 2.75) is 19.4 Å². The van der Waals surface area contributed by atoms with Crippen LogP contribution in [0.4, 0.5) is 0 Å². The minimum absolute atomic E-state index is 0.474. The van der Waals surface area contributed by atoms with E-state index in [0.717, 1.165) is 25.3 Å². The Morgan fingerprint density at radius 1 is 1.24 bits per heavy atom. The predicted molar refractivity (Wildman–Crippen MR) is 70.7 cm³/mol. The lowest BCUT2D eigenvalue weighted by Crippen LogP contribution is -2.33. The van der Waals surface area contributed by atoms with E-state index >= 15 is 0 Å². The van der Waals surface area contributed by atoms with E-state index in [1.54, 1.807) is 14.2 Å². The van der Waals surface area contributed by atoms with Gasteiger partial charge in [-0.05, 0) is 32.0 Å². The van der Waals surface area contributed by atoms with Crippen LogP contribution in [0.15, 0.2) is 24.3 Å². The van der Waals surface area contributed by atoms with Gasteiger partial charge in [0.05, 0.1) is 13.7 Å². The molecule has 0 saturated carbocycles. The maximum absolute atomic E-state index is 5.36. The monoisotopic (exact) mass is 237 g/mol. The van der Waals surface area contributed by atoms with Gasteiger partial charge in [0.1, 0.15) is 5.75 Å². The summed E-state index contributed by atoms with van der Waals surface area (Å²) in [6.07, 6.45) is 0.990. The maximum atomic E-state index is 5.36.